The summed E-state index contributed by atoms with van der Waals surface area (Å²) in [7, 11) is 0. The van der Waals surface area contributed by atoms with Gasteiger partial charge in [-0.25, -0.2) is 9.18 Å². The van der Waals surface area contributed by atoms with Crippen LogP contribution >= 0.6 is 0 Å². The van der Waals surface area contributed by atoms with Gasteiger partial charge in [-0.1, -0.05) is 0 Å². The van der Waals surface area contributed by atoms with E-state index < -0.39 is 11.8 Å². The number of aromatic carboxylic acids is 1. The quantitative estimate of drug-likeness (QED) is 0.919. The van der Waals surface area contributed by atoms with Crippen molar-refractivity contribution < 1.29 is 14.3 Å². The molecule has 132 valence electrons. The van der Waals surface area contributed by atoms with Gasteiger partial charge in [-0.15, -0.1) is 0 Å². The topological polar surface area (TPSA) is 66.3 Å². The lowest BCUT2D eigenvalue weighted by atomic mass is 9.94. The predicted octanol–water partition coefficient (Wildman–Crippen LogP) is 3.57. The fraction of sp³-hybridized carbons (Fsp3) is 0.421. The molecule has 5 nitrogen and oxygen atoms in total. The van der Waals surface area contributed by atoms with Crippen molar-refractivity contribution in [3.63, 3.8) is 0 Å². The van der Waals surface area contributed by atoms with Gasteiger partial charge in [0.05, 0.1) is 23.1 Å². The maximum atomic E-state index is 13.5. The van der Waals surface area contributed by atoms with Crippen LogP contribution in [-0.2, 0) is 0 Å². The fourth-order valence-electron chi connectivity index (χ4n) is 3.32. The van der Waals surface area contributed by atoms with E-state index in [9.17, 15) is 14.3 Å². The van der Waals surface area contributed by atoms with Crippen molar-refractivity contribution in [2.45, 2.75) is 38.6 Å². The van der Waals surface area contributed by atoms with Crippen LogP contribution in [0.3, 0.4) is 0 Å². The molecule has 0 amide bonds. The molecule has 3 rings (SSSR count). The molecule has 1 aliphatic heterocycles. The van der Waals surface area contributed by atoms with E-state index in [1.54, 1.807) is 12.4 Å². The van der Waals surface area contributed by atoms with Crippen LogP contribution in [0.25, 0.3) is 11.3 Å². The van der Waals surface area contributed by atoms with Crippen molar-refractivity contribution >= 4 is 5.97 Å². The molecule has 1 atom stereocenters. The van der Waals surface area contributed by atoms with Crippen LogP contribution in [0.5, 0.6) is 0 Å². The van der Waals surface area contributed by atoms with Crippen LogP contribution in [0.2, 0.25) is 0 Å². The summed E-state index contributed by atoms with van der Waals surface area (Å²) in [4.78, 5) is 22.6. The molecule has 1 unspecified atom stereocenters. The first-order valence-corrected chi connectivity index (χ1v) is 8.55. The molecule has 0 saturated carbocycles. The molecule has 1 aliphatic rings. The molecule has 1 aromatic heterocycles. The van der Waals surface area contributed by atoms with E-state index in [1.807, 2.05) is 0 Å². The number of benzene rings is 1. The molecule has 1 fully saturated rings. The van der Waals surface area contributed by atoms with E-state index in [0.29, 0.717) is 17.7 Å². The molecule has 0 bridgehead atoms. The standard InChI is InChI=1S/C19H22FN3O2/c1-12(2)23-7-3-4-13(11-23)17-9-22-18(10-21-17)16-8-14(20)5-6-15(16)19(24)25/h5-6,8-10,12-13H,3-4,7,11H2,1-2H3,(H,24,25). The Kier molecular flexibility index (Phi) is 5.08. The van der Waals surface area contributed by atoms with Crippen LogP contribution in [0.4, 0.5) is 4.39 Å². The molecule has 25 heavy (non-hydrogen) atoms. The Hall–Kier alpha value is -2.34. The van der Waals surface area contributed by atoms with Crippen molar-refractivity contribution in [2.75, 3.05) is 13.1 Å². The van der Waals surface area contributed by atoms with Crippen LogP contribution in [0.15, 0.2) is 30.6 Å². The number of carbonyl (C=O) groups is 1. The van der Waals surface area contributed by atoms with Crippen LogP contribution in [0, 0.1) is 5.82 Å². The summed E-state index contributed by atoms with van der Waals surface area (Å²) in [6.07, 6.45) is 5.43. The zero-order valence-corrected chi connectivity index (χ0v) is 14.4. The first kappa shape index (κ1) is 17.5. The Bertz CT molecular complexity index is 762. The Labute approximate surface area is 146 Å². The number of likely N-dealkylation sites (tertiary alicyclic amines) is 1. The highest BCUT2D eigenvalue weighted by Crippen LogP contribution is 2.28. The second-order valence-electron chi connectivity index (χ2n) is 6.75. The van der Waals surface area contributed by atoms with E-state index in [0.717, 1.165) is 37.7 Å². The summed E-state index contributed by atoms with van der Waals surface area (Å²) in [5, 5.41) is 9.28. The minimum atomic E-state index is -1.11. The Morgan fingerprint density at radius 1 is 1.32 bits per heavy atom. The minimum absolute atomic E-state index is 0.0205. The van der Waals surface area contributed by atoms with Gasteiger partial charge in [-0.2, -0.15) is 0 Å². The number of halogens is 1. The lowest BCUT2D eigenvalue weighted by molar-refractivity contribution is 0.0697. The molecule has 2 heterocycles. The zero-order valence-electron chi connectivity index (χ0n) is 14.4. The summed E-state index contributed by atoms with van der Waals surface area (Å²) in [5.74, 6) is -1.28. The molecule has 1 N–H and O–H groups in total. The van der Waals surface area contributed by atoms with Gasteiger partial charge in [-0.05, 0) is 51.4 Å². The fourth-order valence-corrected chi connectivity index (χ4v) is 3.32. The summed E-state index contributed by atoms with van der Waals surface area (Å²) >= 11 is 0. The first-order chi connectivity index (χ1) is 12.0. The number of nitrogens with zero attached hydrogens (tertiary/aromatic N) is 3. The summed E-state index contributed by atoms with van der Waals surface area (Å²) in [6, 6.07) is 4.08. The average molecular weight is 343 g/mol. The molecule has 0 spiro atoms. The lowest BCUT2D eigenvalue weighted by Gasteiger charge is -2.35. The van der Waals surface area contributed by atoms with Gasteiger partial charge in [0, 0.05) is 30.3 Å². The van der Waals surface area contributed by atoms with Crippen LogP contribution < -0.4 is 0 Å². The van der Waals surface area contributed by atoms with E-state index in [2.05, 4.69) is 28.7 Å². The van der Waals surface area contributed by atoms with E-state index in [1.165, 1.54) is 12.1 Å². The highest BCUT2D eigenvalue weighted by molar-refractivity contribution is 5.95. The van der Waals surface area contributed by atoms with E-state index in [4.69, 9.17) is 0 Å². The molecule has 6 heteroatoms. The molecular weight excluding hydrogens is 321 g/mol. The number of hydrogen-bond acceptors (Lipinski definition) is 4. The molecule has 0 aliphatic carbocycles. The molecule has 0 radical (unpaired) electrons. The highest BCUT2D eigenvalue weighted by Gasteiger charge is 2.24. The van der Waals surface area contributed by atoms with Crippen molar-refractivity contribution in [3.05, 3.63) is 47.7 Å². The van der Waals surface area contributed by atoms with Crippen molar-refractivity contribution in [3.8, 4) is 11.3 Å². The second-order valence-corrected chi connectivity index (χ2v) is 6.75. The maximum Gasteiger partial charge on any atom is 0.336 e. The summed E-state index contributed by atoms with van der Waals surface area (Å²) in [6.45, 7) is 6.43. The Balaban J connectivity index is 1.86. The smallest absolute Gasteiger partial charge is 0.336 e. The van der Waals surface area contributed by atoms with Crippen LogP contribution in [0.1, 0.15) is 48.7 Å². The third kappa shape index (κ3) is 3.85. The first-order valence-electron chi connectivity index (χ1n) is 8.55. The summed E-state index contributed by atoms with van der Waals surface area (Å²) < 4.78 is 13.5. The van der Waals surface area contributed by atoms with Crippen molar-refractivity contribution in [1.82, 2.24) is 14.9 Å². The largest absolute Gasteiger partial charge is 0.478 e. The third-order valence-electron chi connectivity index (χ3n) is 4.76. The normalized spacial score (nSPS) is 18.5. The van der Waals surface area contributed by atoms with Crippen LogP contribution in [-0.4, -0.2) is 45.1 Å². The third-order valence-corrected chi connectivity index (χ3v) is 4.76. The molecule has 2 aromatic rings. The van der Waals surface area contributed by atoms with Gasteiger partial charge in [-0.3, -0.25) is 9.97 Å². The lowest BCUT2D eigenvalue weighted by Crippen LogP contribution is -2.39. The number of carboxylic acids is 1. The predicted molar refractivity (Wildman–Crippen MR) is 93.1 cm³/mol. The van der Waals surface area contributed by atoms with Crippen molar-refractivity contribution in [2.24, 2.45) is 0 Å². The zero-order chi connectivity index (χ0) is 18.0. The highest BCUT2D eigenvalue weighted by atomic mass is 19.1. The number of carboxylic acid groups (broad SMARTS) is 1. The van der Waals surface area contributed by atoms with E-state index >= 15 is 0 Å². The number of hydrogen-bond donors (Lipinski definition) is 1. The molecule has 1 saturated heterocycles. The van der Waals surface area contributed by atoms with Gasteiger partial charge in [0.25, 0.3) is 0 Å². The Morgan fingerprint density at radius 3 is 2.76 bits per heavy atom. The SMILES string of the molecule is CC(C)N1CCCC(c2cnc(-c3cc(F)ccc3C(=O)O)cn2)C1. The number of rotatable bonds is 4. The molecule has 1 aromatic carbocycles. The van der Waals surface area contributed by atoms with Gasteiger partial charge in [0.1, 0.15) is 5.82 Å². The number of piperidine rings is 1. The van der Waals surface area contributed by atoms with Gasteiger partial charge >= 0.3 is 5.97 Å². The molecular formula is C19H22FN3O2. The Morgan fingerprint density at radius 2 is 2.12 bits per heavy atom. The maximum absolute atomic E-state index is 13.5. The minimum Gasteiger partial charge on any atom is -0.478 e. The summed E-state index contributed by atoms with van der Waals surface area (Å²) in [5.41, 5.74) is 1.55. The van der Waals surface area contributed by atoms with Crippen molar-refractivity contribution in [1.29, 1.82) is 0 Å². The van der Waals surface area contributed by atoms with Gasteiger partial charge < -0.3 is 10.0 Å². The monoisotopic (exact) mass is 343 g/mol. The average Bonchev–Trinajstić information content (AvgIpc) is 2.61. The second kappa shape index (κ2) is 7.27. The van der Waals surface area contributed by atoms with Gasteiger partial charge in [0.2, 0.25) is 0 Å². The van der Waals surface area contributed by atoms with E-state index in [-0.39, 0.29) is 11.1 Å². The number of aromatic nitrogens is 2. The van der Waals surface area contributed by atoms with Gasteiger partial charge in [0.15, 0.2) is 0 Å².